The van der Waals surface area contributed by atoms with Crippen molar-refractivity contribution >= 4 is 34.1 Å². The monoisotopic (exact) mass is 485 g/mol. The fourth-order valence-corrected chi connectivity index (χ4v) is 3.83. The number of hydrogen-bond acceptors (Lipinski definition) is 6. The molecule has 0 aliphatic carbocycles. The van der Waals surface area contributed by atoms with Crippen LogP contribution in [-0.2, 0) is 5.41 Å². The van der Waals surface area contributed by atoms with E-state index in [2.05, 4.69) is 46.7 Å². The Kier molecular flexibility index (Phi) is 6.96. The van der Waals surface area contributed by atoms with Crippen LogP contribution in [0.15, 0.2) is 60.7 Å². The molecule has 0 fully saturated rings. The molecule has 0 radical (unpaired) electrons. The third-order valence-electron chi connectivity index (χ3n) is 5.71. The largest absolute Gasteiger partial charge is 0.495 e. The van der Waals surface area contributed by atoms with Crippen LogP contribution < -0.4 is 25.4 Å². The van der Waals surface area contributed by atoms with Crippen LogP contribution >= 0.6 is 0 Å². The molecular formula is C28H31N5O3. The summed E-state index contributed by atoms with van der Waals surface area (Å²) < 4.78 is 11.6. The van der Waals surface area contributed by atoms with Gasteiger partial charge in [-0.2, -0.15) is 4.98 Å². The number of benzene rings is 3. The van der Waals surface area contributed by atoms with Crippen LogP contribution in [0.1, 0.15) is 32.0 Å². The van der Waals surface area contributed by atoms with Crippen molar-refractivity contribution in [3.8, 4) is 17.4 Å². The smallest absolute Gasteiger partial charge is 0.323 e. The molecule has 0 aliphatic rings. The number of rotatable bonds is 6. The van der Waals surface area contributed by atoms with Gasteiger partial charge in [0.2, 0.25) is 11.8 Å². The van der Waals surface area contributed by atoms with Gasteiger partial charge in [-0.3, -0.25) is 0 Å². The summed E-state index contributed by atoms with van der Waals surface area (Å²) in [6, 6.07) is 18.6. The maximum absolute atomic E-state index is 13.0. The van der Waals surface area contributed by atoms with E-state index in [4.69, 9.17) is 9.47 Å². The zero-order chi connectivity index (χ0) is 25.9. The van der Waals surface area contributed by atoms with Gasteiger partial charge in [0, 0.05) is 29.6 Å². The van der Waals surface area contributed by atoms with Gasteiger partial charge >= 0.3 is 6.03 Å². The molecule has 3 aromatic carbocycles. The Bertz CT molecular complexity index is 1410. The molecule has 8 heteroatoms. The number of anilines is 3. The van der Waals surface area contributed by atoms with Crippen LogP contribution in [0.2, 0.25) is 0 Å². The lowest BCUT2D eigenvalue weighted by molar-refractivity contribution is 0.262. The van der Waals surface area contributed by atoms with Crippen LogP contribution in [0.25, 0.3) is 10.8 Å². The average molecular weight is 486 g/mol. The predicted octanol–water partition coefficient (Wildman–Crippen LogP) is 6.72. The van der Waals surface area contributed by atoms with Crippen molar-refractivity contribution in [1.82, 2.24) is 9.97 Å². The summed E-state index contributed by atoms with van der Waals surface area (Å²) >= 11 is 0. The Morgan fingerprint density at radius 3 is 2.25 bits per heavy atom. The number of hydrogen-bond donors (Lipinski definition) is 3. The first-order chi connectivity index (χ1) is 17.2. The topological polar surface area (TPSA) is 97.4 Å². The first-order valence-electron chi connectivity index (χ1n) is 11.7. The highest BCUT2D eigenvalue weighted by atomic mass is 16.5. The summed E-state index contributed by atoms with van der Waals surface area (Å²) in [6.07, 6.45) is 0. The quantitative estimate of drug-likeness (QED) is 0.280. The molecule has 186 valence electrons. The molecule has 36 heavy (non-hydrogen) atoms. The Morgan fingerprint density at radius 1 is 0.861 bits per heavy atom. The second-order valence-electron chi connectivity index (χ2n) is 9.42. The fourth-order valence-electron chi connectivity index (χ4n) is 3.83. The first-order valence-corrected chi connectivity index (χ1v) is 11.7. The molecule has 0 atom stereocenters. The van der Waals surface area contributed by atoms with Crippen molar-refractivity contribution in [3.05, 3.63) is 71.9 Å². The van der Waals surface area contributed by atoms with Crippen molar-refractivity contribution in [2.24, 2.45) is 0 Å². The zero-order valence-corrected chi connectivity index (χ0v) is 21.4. The molecule has 0 unspecified atom stereocenters. The molecule has 0 aliphatic heterocycles. The lowest BCUT2D eigenvalue weighted by atomic mass is 9.87. The summed E-state index contributed by atoms with van der Waals surface area (Å²) in [6.45, 7) is 8.25. The van der Waals surface area contributed by atoms with Gasteiger partial charge in [-0.15, -0.1) is 0 Å². The molecular weight excluding hydrogens is 454 g/mol. The van der Waals surface area contributed by atoms with Crippen molar-refractivity contribution in [1.29, 1.82) is 0 Å². The molecule has 0 bridgehead atoms. The summed E-state index contributed by atoms with van der Waals surface area (Å²) in [7, 11) is 3.34. The second kappa shape index (κ2) is 10.1. The van der Waals surface area contributed by atoms with E-state index in [1.54, 1.807) is 20.2 Å². The van der Waals surface area contributed by atoms with E-state index in [0.717, 1.165) is 22.0 Å². The number of fused-ring (bicyclic) bond motifs is 1. The number of amides is 2. The number of urea groups is 1. The lowest BCUT2D eigenvalue weighted by Crippen LogP contribution is -2.21. The molecule has 2 amide bonds. The van der Waals surface area contributed by atoms with Crippen LogP contribution in [0.3, 0.4) is 0 Å². The van der Waals surface area contributed by atoms with Gasteiger partial charge in [0.15, 0.2) is 0 Å². The standard InChI is InChI=1S/C28H31N5O3/c1-17-15-25(33-26(29-5)30-17)36-23-14-12-21(19-9-7-8-10-20(19)23)31-27(34)32-22-16-18(28(2,3)4)11-13-24(22)35-6/h7-16H,1-6H3,(H,29,30,33)(H2,31,32,34). The molecule has 4 rings (SSSR count). The van der Waals surface area contributed by atoms with E-state index < -0.39 is 0 Å². The van der Waals surface area contributed by atoms with Crippen LogP contribution in [0.4, 0.5) is 22.1 Å². The maximum Gasteiger partial charge on any atom is 0.323 e. The summed E-state index contributed by atoms with van der Waals surface area (Å²) in [5.41, 5.74) is 3.06. The summed E-state index contributed by atoms with van der Waals surface area (Å²) in [5.74, 6) is 2.13. The van der Waals surface area contributed by atoms with Gasteiger partial charge in [-0.1, -0.05) is 51.1 Å². The molecule has 1 heterocycles. The van der Waals surface area contributed by atoms with Gasteiger partial charge in [-0.25, -0.2) is 9.78 Å². The van der Waals surface area contributed by atoms with Crippen LogP contribution in [0.5, 0.6) is 17.4 Å². The van der Waals surface area contributed by atoms with Gasteiger partial charge in [0.25, 0.3) is 0 Å². The van der Waals surface area contributed by atoms with Crippen LogP contribution in [0, 0.1) is 6.92 Å². The third-order valence-corrected chi connectivity index (χ3v) is 5.71. The highest BCUT2D eigenvalue weighted by Crippen LogP contribution is 2.35. The first kappa shape index (κ1) is 24.8. The van der Waals surface area contributed by atoms with Crippen molar-refractivity contribution in [2.75, 3.05) is 30.1 Å². The number of nitrogens with zero attached hydrogens (tertiary/aromatic N) is 2. The Balaban J connectivity index is 1.61. The van der Waals surface area contributed by atoms with Gasteiger partial charge in [0.05, 0.1) is 18.5 Å². The Hall–Kier alpha value is -4.33. The van der Waals surface area contributed by atoms with Gasteiger partial charge in [0.1, 0.15) is 11.5 Å². The Labute approximate surface area is 211 Å². The fraction of sp³-hybridized carbons (Fsp3) is 0.250. The highest BCUT2D eigenvalue weighted by molar-refractivity contribution is 6.08. The molecule has 1 aromatic heterocycles. The number of nitrogens with one attached hydrogen (secondary N) is 3. The van der Waals surface area contributed by atoms with Crippen LogP contribution in [-0.4, -0.2) is 30.2 Å². The number of carbonyl (C=O) groups excluding carboxylic acids is 1. The number of aromatic nitrogens is 2. The van der Waals surface area contributed by atoms with E-state index in [1.165, 1.54) is 0 Å². The molecule has 8 nitrogen and oxygen atoms in total. The SMILES string of the molecule is CNc1nc(C)cc(Oc2ccc(NC(=O)Nc3cc(C(C)(C)C)ccc3OC)c3ccccc23)n1. The minimum Gasteiger partial charge on any atom is -0.495 e. The van der Waals surface area contributed by atoms with Gasteiger partial charge < -0.3 is 25.4 Å². The summed E-state index contributed by atoms with van der Waals surface area (Å²) in [5, 5.41) is 10.5. The van der Waals surface area contributed by atoms with Crippen molar-refractivity contribution < 1.29 is 14.3 Å². The van der Waals surface area contributed by atoms with Crippen molar-refractivity contribution in [2.45, 2.75) is 33.1 Å². The maximum atomic E-state index is 13.0. The minimum atomic E-state index is -0.372. The molecule has 0 saturated heterocycles. The molecule has 3 N–H and O–H groups in total. The van der Waals surface area contributed by atoms with Crippen molar-refractivity contribution in [3.63, 3.8) is 0 Å². The van der Waals surface area contributed by atoms with Gasteiger partial charge in [-0.05, 0) is 42.2 Å². The normalized spacial score (nSPS) is 11.2. The minimum absolute atomic E-state index is 0.0681. The third kappa shape index (κ3) is 5.49. The van der Waals surface area contributed by atoms with E-state index in [0.29, 0.717) is 34.7 Å². The molecule has 4 aromatic rings. The predicted molar refractivity (Wildman–Crippen MR) is 145 cm³/mol. The number of carbonyl (C=O) groups is 1. The lowest BCUT2D eigenvalue weighted by Gasteiger charge is -2.21. The van der Waals surface area contributed by atoms with E-state index >= 15 is 0 Å². The number of ether oxygens (including phenoxy) is 2. The highest BCUT2D eigenvalue weighted by Gasteiger charge is 2.18. The summed E-state index contributed by atoms with van der Waals surface area (Å²) in [4.78, 5) is 21.7. The molecule has 0 saturated carbocycles. The second-order valence-corrected chi connectivity index (χ2v) is 9.42. The Morgan fingerprint density at radius 2 is 1.56 bits per heavy atom. The number of aryl methyl sites for hydroxylation is 1. The number of methoxy groups -OCH3 is 1. The van der Waals surface area contributed by atoms with E-state index in [1.807, 2.05) is 61.5 Å². The van der Waals surface area contributed by atoms with E-state index in [9.17, 15) is 4.79 Å². The average Bonchev–Trinajstić information content (AvgIpc) is 2.84. The molecule has 0 spiro atoms. The van der Waals surface area contributed by atoms with E-state index in [-0.39, 0.29) is 11.4 Å². The zero-order valence-electron chi connectivity index (χ0n) is 21.4.